The predicted molar refractivity (Wildman–Crippen MR) is 128 cm³/mol. The number of cyclic esters (lactones) is 2. The lowest BCUT2D eigenvalue weighted by atomic mass is 10.1. The van der Waals surface area contributed by atoms with Crippen molar-refractivity contribution in [2.45, 2.75) is 64.7 Å². The second-order valence-electron chi connectivity index (χ2n) is 7.10. The number of halogens is 1. The maximum absolute atomic E-state index is 12.2. The van der Waals surface area contributed by atoms with E-state index in [1.54, 1.807) is 24.4 Å². The van der Waals surface area contributed by atoms with Crippen LogP contribution in [0.15, 0.2) is 50.5 Å². The van der Waals surface area contributed by atoms with Crippen LogP contribution in [0.1, 0.15) is 46.5 Å². The lowest BCUT2D eigenvalue weighted by Crippen LogP contribution is -2.34. The van der Waals surface area contributed by atoms with Gasteiger partial charge in [-0.15, -0.1) is 11.8 Å². The van der Waals surface area contributed by atoms with Gasteiger partial charge in [-0.1, -0.05) is 33.7 Å². The Morgan fingerprint density at radius 2 is 2.10 bits per heavy atom. The third-order valence-corrected chi connectivity index (χ3v) is 4.85. The van der Waals surface area contributed by atoms with Crippen LogP contribution in [0, 0.1) is 0 Å². The van der Waals surface area contributed by atoms with Crippen LogP contribution in [0.25, 0.3) is 0 Å². The molecule has 0 bridgehead atoms. The minimum Gasteiger partial charge on any atom is -0.461 e. The molecule has 166 valence electrons. The Kier molecular flexibility index (Phi) is 12.7. The molecule has 3 atom stereocenters. The molecule has 1 heterocycles. The summed E-state index contributed by atoms with van der Waals surface area (Å²) < 4.78 is 11.8. The molecule has 8 heteroatoms. The molecule has 1 aliphatic heterocycles. The van der Waals surface area contributed by atoms with E-state index in [0.717, 1.165) is 15.8 Å². The Morgan fingerprint density at radius 1 is 1.37 bits per heavy atom. The number of esters is 2. The first-order valence-corrected chi connectivity index (χ1v) is 11.9. The topological polar surface area (TPSA) is 91.0 Å². The van der Waals surface area contributed by atoms with Crippen molar-refractivity contribution < 1.29 is 19.1 Å². The minimum absolute atomic E-state index is 0.299. The molecular formula is C22H31BrN2O4S. The Labute approximate surface area is 191 Å². The molecule has 0 spiro atoms. The summed E-state index contributed by atoms with van der Waals surface area (Å²) >= 11 is 4.90. The molecule has 30 heavy (non-hydrogen) atoms. The first-order chi connectivity index (χ1) is 14.2. The van der Waals surface area contributed by atoms with E-state index in [2.05, 4.69) is 20.9 Å². The third kappa shape index (κ3) is 11.5. The second kappa shape index (κ2) is 14.4. The predicted octanol–water partition coefficient (Wildman–Crippen LogP) is 4.81. The molecule has 1 rings (SSSR count). The quantitative estimate of drug-likeness (QED) is 0.549. The number of rotatable bonds is 2. The number of allylic oxidation sites excluding steroid dienone is 4. The van der Waals surface area contributed by atoms with Crippen molar-refractivity contribution >= 4 is 45.8 Å². The van der Waals surface area contributed by atoms with E-state index >= 15 is 0 Å². The van der Waals surface area contributed by atoms with Gasteiger partial charge in [-0.2, -0.15) is 0 Å². The molecule has 0 aliphatic carbocycles. The van der Waals surface area contributed by atoms with Gasteiger partial charge in [0.05, 0.1) is 0 Å². The number of hydrogen-bond donors (Lipinski definition) is 1. The molecule has 0 unspecified atom stereocenters. The zero-order chi connectivity index (χ0) is 22.5. The van der Waals surface area contributed by atoms with Crippen LogP contribution in [0.2, 0.25) is 0 Å². The van der Waals surface area contributed by atoms with E-state index < -0.39 is 24.1 Å². The first kappa shape index (κ1) is 26.4. The summed E-state index contributed by atoms with van der Waals surface area (Å²) in [5, 5.41) is 1.93. The SMILES string of the molecule is CSC=C1CCC[C@@H](N)C(=O)O[C@@H](C)C/C(C)=C/C=C\C(=O)O[C@H](/C=C(\C)Br)C=N1. The normalized spacial score (nSPS) is 29.9. The molecule has 2 N–H and O–H groups in total. The first-order valence-electron chi connectivity index (χ1n) is 9.81. The average Bonchev–Trinajstić information content (AvgIpc) is 2.64. The lowest BCUT2D eigenvalue weighted by molar-refractivity contribution is -0.150. The van der Waals surface area contributed by atoms with Gasteiger partial charge in [0.2, 0.25) is 0 Å². The zero-order valence-electron chi connectivity index (χ0n) is 18.0. The van der Waals surface area contributed by atoms with Crippen molar-refractivity contribution in [3.63, 3.8) is 0 Å². The van der Waals surface area contributed by atoms with Crippen LogP contribution >= 0.6 is 27.7 Å². The van der Waals surface area contributed by atoms with Gasteiger partial charge in [0.15, 0.2) is 6.10 Å². The standard InChI is InChI=1S/C22H31BrN2O4S/c1-15-7-5-10-21(26)29-19(12-16(2)23)13-25-18(14-30-4)8-6-9-20(24)22(27)28-17(3)11-15/h5,7,10,12-14,17,19-20H,6,8-9,11,24H2,1-4H3/b10-5-,15-7+,16-12+,18-14?,25-13?/t17-,19+,20+/m0/s1. The fourth-order valence-corrected chi connectivity index (χ4v) is 3.44. The Morgan fingerprint density at radius 3 is 2.77 bits per heavy atom. The molecule has 0 aromatic carbocycles. The van der Waals surface area contributed by atoms with E-state index in [0.29, 0.717) is 25.7 Å². The second-order valence-corrected chi connectivity index (χ2v) is 9.06. The summed E-state index contributed by atoms with van der Waals surface area (Å²) in [5.74, 6) is -0.866. The van der Waals surface area contributed by atoms with Crippen LogP contribution in [0.3, 0.4) is 0 Å². The highest BCUT2D eigenvalue weighted by Crippen LogP contribution is 2.16. The van der Waals surface area contributed by atoms with Gasteiger partial charge in [0.1, 0.15) is 12.1 Å². The Balaban J connectivity index is 3.11. The molecule has 1 aliphatic rings. The molecule has 0 radical (unpaired) electrons. The molecule has 0 aromatic heterocycles. The van der Waals surface area contributed by atoms with Crippen LogP contribution in [0.4, 0.5) is 0 Å². The summed E-state index contributed by atoms with van der Waals surface area (Å²) in [6, 6.07) is -0.664. The summed E-state index contributed by atoms with van der Waals surface area (Å²) in [7, 11) is 0. The molecule has 6 nitrogen and oxygen atoms in total. The summed E-state index contributed by atoms with van der Waals surface area (Å²) in [6.07, 6.45) is 11.6. The number of ether oxygens (including phenoxy) is 2. The van der Waals surface area contributed by atoms with Gasteiger partial charge < -0.3 is 15.2 Å². The molecule has 0 saturated carbocycles. The van der Waals surface area contributed by atoms with Gasteiger partial charge in [0, 0.05) is 24.4 Å². The lowest BCUT2D eigenvalue weighted by Gasteiger charge is -2.17. The monoisotopic (exact) mass is 498 g/mol. The van der Waals surface area contributed by atoms with E-state index in [1.165, 1.54) is 17.8 Å². The summed E-state index contributed by atoms with van der Waals surface area (Å²) in [4.78, 5) is 28.9. The van der Waals surface area contributed by atoms with E-state index in [4.69, 9.17) is 15.2 Å². The minimum atomic E-state index is -0.664. The maximum Gasteiger partial charge on any atom is 0.331 e. The summed E-state index contributed by atoms with van der Waals surface area (Å²) in [5.41, 5.74) is 7.80. The van der Waals surface area contributed by atoms with Gasteiger partial charge in [-0.3, -0.25) is 9.79 Å². The molecule has 0 saturated heterocycles. The molecule has 0 amide bonds. The van der Waals surface area contributed by atoms with E-state index in [-0.39, 0.29) is 6.10 Å². The van der Waals surface area contributed by atoms with E-state index in [9.17, 15) is 9.59 Å². The average molecular weight is 499 g/mol. The van der Waals surface area contributed by atoms with Crippen molar-refractivity contribution in [1.82, 2.24) is 0 Å². The van der Waals surface area contributed by atoms with Gasteiger partial charge >= 0.3 is 11.9 Å². The number of carbonyl (C=O) groups excluding carboxylic acids is 2. The highest BCUT2D eigenvalue weighted by Gasteiger charge is 2.18. The number of carbonyl (C=O) groups is 2. The van der Waals surface area contributed by atoms with Gasteiger partial charge in [0.25, 0.3) is 0 Å². The van der Waals surface area contributed by atoms with Crippen LogP contribution in [-0.4, -0.2) is 42.7 Å². The largest absolute Gasteiger partial charge is 0.461 e. The van der Waals surface area contributed by atoms with Gasteiger partial charge in [-0.05, 0) is 62.3 Å². The van der Waals surface area contributed by atoms with E-state index in [1.807, 2.05) is 32.4 Å². The zero-order valence-corrected chi connectivity index (χ0v) is 20.4. The van der Waals surface area contributed by atoms with Crippen LogP contribution < -0.4 is 5.73 Å². The number of aliphatic imine (C=N–C) groups is 1. The van der Waals surface area contributed by atoms with Crippen molar-refractivity contribution in [2.75, 3.05) is 6.26 Å². The van der Waals surface area contributed by atoms with Crippen molar-refractivity contribution in [3.8, 4) is 0 Å². The third-order valence-electron chi connectivity index (χ3n) is 4.08. The number of thioether (sulfide) groups is 1. The number of nitrogens with zero attached hydrogens (tertiary/aromatic N) is 1. The smallest absolute Gasteiger partial charge is 0.331 e. The van der Waals surface area contributed by atoms with Crippen molar-refractivity contribution in [3.05, 3.63) is 45.5 Å². The van der Waals surface area contributed by atoms with Gasteiger partial charge in [-0.25, -0.2) is 4.79 Å². The molecular weight excluding hydrogens is 468 g/mol. The van der Waals surface area contributed by atoms with Crippen molar-refractivity contribution in [2.24, 2.45) is 10.7 Å². The van der Waals surface area contributed by atoms with Crippen LogP contribution in [-0.2, 0) is 19.1 Å². The number of nitrogens with two attached hydrogens (primary N) is 1. The highest BCUT2D eigenvalue weighted by atomic mass is 79.9. The Bertz CT molecular complexity index is 739. The fourth-order valence-electron chi connectivity index (χ4n) is 2.73. The molecule has 0 aromatic rings. The highest BCUT2D eigenvalue weighted by molar-refractivity contribution is 9.11. The molecule has 0 fully saturated rings. The number of hydrogen-bond acceptors (Lipinski definition) is 7. The maximum atomic E-state index is 12.2. The van der Waals surface area contributed by atoms with Crippen LogP contribution in [0.5, 0.6) is 0 Å². The fraction of sp³-hybridized carbons (Fsp3) is 0.500. The summed E-state index contributed by atoms with van der Waals surface area (Å²) in [6.45, 7) is 5.59. The van der Waals surface area contributed by atoms with Crippen molar-refractivity contribution in [1.29, 1.82) is 0 Å². The Hall–Kier alpha value is -1.64.